The number of halogens is 1. The van der Waals surface area contributed by atoms with E-state index in [4.69, 9.17) is 16.3 Å². The fraction of sp³-hybridized carbons (Fsp3) is 0.100. The molecule has 7 nitrogen and oxygen atoms in total. The van der Waals surface area contributed by atoms with Gasteiger partial charge in [-0.25, -0.2) is 4.79 Å². The summed E-state index contributed by atoms with van der Waals surface area (Å²) in [5, 5.41) is 16.0. The predicted octanol–water partition coefficient (Wildman–Crippen LogP) is 4.94. The average Bonchev–Trinajstić information content (AvgIpc) is 3.11. The van der Waals surface area contributed by atoms with Crippen LogP contribution < -0.4 is 5.32 Å². The van der Waals surface area contributed by atoms with Crippen LogP contribution >= 0.6 is 22.9 Å². The van der Waals surface area contributed by atoms with Crippen LogP contribution in [0.25, 0.3) is 11.1 Å². The highest BCUT2D eigenvalue weighted by molar-refractivity contribution is 7.15. The molecule has 148 valence electrons. The van der Waals surface area contributed by atoms with Gasteiger partial charge in [0.25, 0.3) is 5.69 Å². The number of non-ortho nitro benzene ring substituents is 1. The van der Waals surface area contributed by atoms with Crippen molar-refractivity contribution in [2.45, 2.75) is 6.42 Å². The minimum atomic E-state index is -0.591. The first kappa shape index (κ1) is 20.5. The second-order valence-electron chi connectivity index (χ2n) is 5.97. The van der Waals surface area contributed by atoms with E-state index in [0.29, 0.717) is 26.7 Å². The van der Waals surface area contributed by atoms with Crippen molar-refractivity contribution in [3.8, 4) is 11.1 Å². The molecule has 0 aliphatic rings. The number of thiophene rings is 1. The normalized spacial score (nSPS) is 10.4. The fourth-order valence-corrected chi connectivity index (χ4v) is 3.93. The number of anilines is 1. The van der Waals surface area contributed by atoms with Crippen LogP contribution in [0.15, 0.2) is 53.9 Å². The Bertz CT molecular complexity index is 1080. The molecule has 1 amide bonds. The minimum absolute atomic E-state index is 0.00205. The molecule has 1 N–H and O–H groups in total. The number of hydrogen-bond donors (Lipinski definition) is 1. The van der Waals surface area contributed by atoms with Crippen molar-refractivity contribution < 1.29 is 19.2 Å². The molecule has 0 saturated heterocycles. The van der Waals surface area contributed by atoms with E-state index in [0.717, 1.165) is 0 Å². The molecular formula is C20H15ClN2O5S. The largest absolute Gasteiger partial charge is 0.465 e. The number of carbonyl (C=O) groups excluding carboxylic acids is 2. The molecule has 3 aromatic rings. The molecule has 29 heavy (non-hydrogen) atoms. The van der Waals surface area contributed by atoms with E-state index in [1.165, 1.54) is 42.7 Å². The molecular weight excluding hydrogens is 416 g/mol. The van der Waals surface area contributed by atoms with Crippen molar-refractivity contribution in [2.75, 3.05) is 12.4 Å². The summed E-state index contributed by atoms with van der Waals surface area (Å²) in [6.07, 6.45) is -0.00205. The lowest BCUT2D eigenvalue weighted by atomic mass is 10.0. The first-order chi connectivity index (χ1) is 13.9. The van der Waals surface area contributed by atoms with E-state index < -0.39 is 10.9 Å². The highest BCUT2D eigenvalue weighted by Crippen LogP contribution is 2.39. The maximum Gasteiger partial charge on any atom is 0.341 e. The number of esters is 1. The zero-order valence-corrected chi connectivity index (χ0v) is 16.8. The lowest BCUT2D eigenvalue weighted by Gasteiger charge is -2.09. The maximum atomic E-state index is 12.5. The van der Waals surface area contributed by atoms with Gasteiger partial charge >= 0.3 is 5.97 Å². The van der Waals surface area contributed by atoms with Crippen LogP contribution in [-0.2, 0) is 16.0 Å². The molecule has 0 saturated carbocycles. The quantitative estimate of drug-likeness (QED) is 0.339. The fourth-order valence-electron chi connectivity index (χ4n) is 2.72. The van der Waals surface area contributed by atoms with Gasteiger partial charge in [0, 0.05) is 33.7 Å². The van der Waals surface area contributed by atoms with Gasteiger partial charge in [0.05, 0.1) is 18.5 Å². The smallest absolute Gasteiger partial charge is 0.341 e. The summed E-state index contributed by atoms with van der Waals surface area (Å²) in [5.41, 5.74) is 2.00. The number of rotatable bonds is 6. The molecule has 9 heteroatoms. The molecule has 1 aromatic heterocycles. The van der Waals surface area contributed by atoms with Gasteiger partial charge in [-0.1, -0.05) is 41.9 Å². The summed E-state index contributed by atoms with van der Waals surface area (Å²) in [5.74, 6) is -0.955. The average molecular weight is 431 g/mol. The van der Waals surface area contributed by atoms with Crippen molar-refractivity contribution in [1.29, 1.82) is 0 Å². The van der Waals surface area contributed by atoms with Gasteiger partial charge < -0.3 is 10.1 Å². The van der Waals surface area contributed by atoms with Crippen molar-refractivity contribution in [3.63, 3.8) is 0 Å². The number of nitrogens with zero attached hydrogens (tertiary/aromatic N) is 1. The lowest BCUT2D eigenvalue weighted by Crippen LogP contribution is -2.16. The van der Waals surface area contributed by atoms with Crippen LogP contribution in [-0.4, -0.2) is 23.9 Å². The third-order valence-corrected chi connectivity index (χ3v) is 5.33. The van der Waals surface area contributed by atoms with E-state index in [9.17, 15) is 19.7 Å². The highest BCUT2D eigenvalue weighted by Gasteiger charge is 2.23. The Morgan fingerprint density at radius 1 is 1.14 bits per heavy atom. The Morgan fingerprint density at radius 2 is 1.83 bits per heavy atom. The topological polar surface area (TPSA) is 98.5 Å². The summed E-state index contributed by atoms with van der Waals surface area (Å²) in [6, 6.07) is 12.8. The zero-order chi connectivity index (χ0) is 21.0. The number of nitro benzene ring substituents is 1. The summed E-state index contributed by atoms with van der Waals surface area (Å²) < 4.78 is 4.88. The number of amides is 1. The molecule has 0 fully saturated rings. The molecule has 0 aliphatic carbocycles. The molecule has 3 rings (SSSR count). The van der Waals surface area contributed by atoms with E-state index in [1.54, 1.807) is 29.6 Å². The Kier molecular flexibility index (Phi) is 6.26. The Hall–Kier alpha value is -3.23. The lowest BCUT2D eigenvalue weighted by molar-refractivity contribution is -0.384. The Morgan fingerprint density at radius 3 is 2.45 bits per heavy atom. The Labute approximate surface area is 175 Å². The van der Waals surface area contributed by atoms with Crippen molar-refractivity contribution in [3.05, 3.63) is 80.2 Å². The molecule has 2 aromatic carbocycles. The monoisotopic (exact) mass is 430 g/mol. The molecule has 0 atom stereocenters. The van der Waals surface area contributed by atoms with E-state index in [1.807, 2.05) is 0 Å². The minimum Gasteiger partial charge on any atom is -0.465 e. The molecule has 0 spiro atoms. The summed E-state index contributed by atoms with van der Waals surface area (Å²) in [7, 11) is 1.26. The SMILES string of the molecule is COC(=O)c1c(-c2ccccc2Cl)csc1NC(=O)Cc1ccc([N+](=O)[O-])cc1. The van der Waals surface area contributed by atoms with Gasteiger partial charge in [-0.15, -0.1) is 11.3 Å². The third kappa shape index (κ3) is 4.61. The highest BCUT2D eigenvalue weighted by atomic mass is 35.5. The van der Waals surface area contributed by atoms with Gasteiger partial charge in [-0.05, 0) is 11.6 Å². The zero-order valence-electron chi connectivity index (χ0n) is 15.2. The number of ether oxygens (including phenoxy) is 1. The summed E-state index contributed by atoms with van der Waals surface area (Å²) >= 11 is 7.44. The molecule has 0 aliphatic heterocycles. The number of hydrogen-bond acceptors (Lipinski definition) is 6. The summed E-state index contributed by atoms with van der Waals surface area (Å²) in [4.78, 5) is 35.0. The third-order valence-electron chi connectivity index (χ3n) is 4.11. The predicted molar refractivity (Wildman–Crippen MR) is 112 cm³/mol. The second kappa shape index (κ2) is 8.85. The van der Waals surface area contributed by atoms with Crippen LogP contribution in [0, 0.1) is 10.1 Å². The first-order valence-corrected chi connectivity index (χ1v) is 9.64. The van der Waals surface area contributed by atoms with Crippen LogP contribution in [0.1, 0.15) is 15.9 Å². The molecule has 1 heterocycles. The number of nitro groups is 1. The van der Waals surface area contributed by atoms with E-state index in [-0.39, 0.29) is 23.6 Å². The van der Waals surface area contributed by atoms with Crippen LogP contribution in [0.5, 0.6) is 0 Å². The van der Waals surface area contributed by atoms with Gasteiger partial charge in [0.15, 0.2) is 0 Å². The first-order valence-electron chi connectivity index (χ1n) is 8.38. The van der Waals surface area contributed by atoms with Gasteiger partial charge in [-0.3, -0.25) is 14.9 Å². The van der Waals surface area contributed by atoms with Crippen molar-refractivity contribution >= 4 is 45.5 Å². The second-order valence-corrected chi connectivity index (χ2v) is 7.26. The van der Waals surface area contributed by atoms with Gasteiger partial charge in [0.2, 0.25) is 5.91 Å². The Balaban J connectivity index is 1.85. The van der Waals surface area contributed by atoms with Crippen LogP contribution in [0.2, 0.25) is 5.02 Å². The van der Waals surface area contributed by atoms with E-state index in [2.05, 4.69) is 5.32 Å². The summed E-state index contributed by atoms with van der Waals surface area (Å²) in [6.45, 7) is 0. The standard InChI is InChI=1S/C20H15ClN2O5S/c1-28-20(25)18-15(14-4-2-3-5-16(14)21)11-29-19(18)22-17(24)10-12-6-8-13(9-7-12)23(26)27/h2-9,11H,10H2,1H3,(H,22,24). The number of benzene rings is 2. The maximum absolute atomic E-state index is 12.5. The van der Waals surface area contributed by atoms with Crippen LogP contribution in [0.3, 0.4) is 0 Å². The number of carbonyl (C=O) groups is 2. The molecule has 0 unspecified atom stereocenters. The van der Waals surface area contributed by atoms with Crippen molar-refractivity contribution in [1.82, 2.24) is 0 Å². The van der Waals surface area contributed by atoms with Gasteiger partial charge in [0.1, 0.15) is 10.6 Å². The molecule has 0 bridgehead atoms. The van der Waals surface area contributed by atoms with Gasteiger partial charge in [-0.2, -0.15) is 0 Å². The molecule has 0 radical (unpaired) electrons. The number of methoxy groups -OCH3 is 1. The van der Waals surface area contributed by atoms with Crippen molar-refractivity contribution in [2.24, 2.45) is 0 Å². The number of nitrogens with one attached hydrogen (secondary N) is 1. The van der Waals surface area contributed by atoms with E-state index >= 15 is 0 Å². The van der Waals surface area contributed by atoms with Crippen LogP contribution in [0.4, 0.5) is 10.7 Å².